The average Bonchev–Trinajstić information content (AvgIpc) is 2.52. The quantitative estimate of drug-likeness (QED) is 0.204. The first-order chi connectivity index (χ1) is 12.2. The largest absolute Gasteiger partial charge is 0.478 e. The molecule has 0 spiro atoms. The van der Waals surface area contributed by atoms with Crippen LogP contribution >= 0.6 is 0 Å². The Balaban J connectivity index is -0.000000133. The lowest BCUT2D eigenvalue weighted by atomic mass is 10.2. The smallest absolute Gasteiger partial charge is 0.330 e. The first-order valence-corrected chi connectivity index (χ1v) is 8.08. The molecule has 0 amide bonds. The van der Waals surface area contributed by atoms with Crippen LogP contribution in [0.2, 0.25) is 0 Å². The van der Waals surface area contributed by atoms with Gasteiger partial charge in [-0.2, -0.15) is 0 Å². The zero-order valence-corrected chi connectivity index (χ0v) is 16.5. The van der Waals surface area contributed by atoms with E-state index in [1.165, 1.54) is 20.8 Å². The van der Waals surface area contributed by atoms with Crippen LogP contribution in [0, 0.1) is 0 Å². The first-order valence-electron chi connectivity index (χ1n) is 8.08. The maximum atomic E-state index is 9.60. The van der Waals surface area contributed by atoms with E-state index in [9.17, 15) is 14.4 Å². The summed E-state index contributed by atoms with van der Waals surface area (Å²) in [5.41, 5.74) is 16.5. The lowest BCUT2D eigenvalue weighted by Crippen LogP contribution is -2.29. The summed E-state index contributed by atoms with van der Waals surface area (Å²) >= 11 is 0. The highest BCUT2D eigenvalue weighted by Crippen LogP contribution is 1.97. The van der Waals surface area contributed by atoms with E-state index in [4.69, 9.17) is 32.5 Å². The number of carbonyl (C=O) groups is 3. The molecule has 9 nitrogen and oxygen atoms in total. The van der Waals surface area contributed by atoms with Crippen molar-refractivity contribution in [2.24, 2.45) is 17.2 Å². The van der Waals surface area contributed by atoms with Crippen molar-refractivity contribution in [3.63, 3.8) is 0 Å². The predicted molar refractivity (Wildman–Crippen MR) is 107 cm³/mol. The summed E-state index contributed by atoms with van der Waals surface area (Å²) in [5.74, 6) is -2.81. The number of hydrogen-bond acceptors (Lipinski definition) is 6. The van der Waals surface area contributed by atoms with Gasteiger partial charge in [-0.05, 0) is 40.2 Å². The molecule has 0 heterocycles. The second kappa shape index (κ2) is 21.6. The van der Waals surface area contributed by atoms with Crippen LogP contribution in [0.1, 0.15) is 46.5 Å². The third kappa shape index (κ3) is 45.2. The number of carboxylic acids is 3. The zero-order valence-electron chi connectivity index (χ0n) is 16.5. The molecule has 0 aromatic heterocycles. The summed E-state index contributed by atoms with van der Waals surface area (Å²) in [6, 6.07) is 0. The van der Waals surface area contributed by atoms with Crippen molar-refractivity contribution in [1.82, 2.24) is 0 Å². The molecular weight excluding hydrogens is 354 g/mol. The standard InChI is InChI=1S/C6H17N3.3C4H6O2/c7-5-3-1-2-4-6(8)9;3*1-3(2)4(5)6/h6H,1-5,7-9H2;3*1H2,2H3,(H,5,6). The van der Waals surface area contributed by atoms with Crippen molar-refractivity contribution in [2.45, 2.75) is 52.6 Å². The van der Waals surface area contributed by atoms with E-state index in [0.717, 1.165) is 32.2 Å². The molecule has 0 saturated heterocycles. The van der Waals surface area contributed by atoms with Crippen LogP contribution in [0.15, 0.2) is 36.5 Å². The van der Waals surface area contributed by atoms with Crippen LogP contribution in [-0.2, 0) is 14.4 Å². The predicted octanol–water partition coefficient (Wildman–Crippen LogP) is 1.69. The van der Waals surface area contributed by atoms with Gasteiger partial charge in [0, 0.05) is 16.7 Å². The maximum absolute atomic E-state index is 9.60. The minimum Gasteiger partial charge on any atom is -0.478 e. The summed E-state index contributed by atoms with van der Waals surface area (Å²) in [6.45, 7) is 14.6. The fourth-order valence-electron chi connectivity index (χ4n) is 0.701. The SMILES string of the molecule is C=C(C)C(=O)O.C=C(C)C(=O)O.C=C(C)C(=O)O.NCCCCCC(N)N. The fraction of sp³-hybridized carbons (Fsp3) is 0.500. The first kappa shape index (κ1) is 32.2. The molecule has 158 valence electrons. The fourth-order valence-corrected chi connectivity index (χ4v) is 0.701. The van der Waals surface area contributed by atoms with E-state index < -0.39 is 17.9 Å². The second-order valence-corrected chi connectivity index (χ2v) is 5.56. The van der Waals surface area contributed by atoms with E-state index >= 15 is 0 Å². The molecule has 0 aliphatic rings. The number of unbranched alkanes of at least 4 members (excludes halogenated alkanes) is 2. The van der Waals surface area contributed by atoms with Gasteiger partial charge >= 0.3 is 17.9 Å². The Morgan fingerprint density at radius 2 is 1.00 bits per heavy atom. The highest BCUT2D eigenvalue weighted by molar-refractivity contribution is 5.85. The molecule has 0 aromatic carbocycles. The van der Waals surface area contributed by atoms with Gasteiger partial charge in [-0.1, -0.05) is 32.6 Å². The van der Waals surface area contributed by atoms with Crippen LogP contribution in [0.5, 0.6) is 0 Å². The molecule has 0 aliphatic heterocycles. The Hall–Kier alpha value is -2.49. The van der Waals surface area contributed by atoms with Crippen LogP contribution in [0.3, 0.4) is 0 Å². The van der Waals surface area contributed by atoms with Gasteiger partial charge in [-0.25, -0.2) is 14.4 Å². The Bertz CT molecular complexity index is 394. The highest BCUT2D eigenvalue weighted by atomic mass is 16.4. The molecule has 27 heavy (non-hydrogen) atoms. The normalized spacial score (nSPS) is 8.56. The minimum absolute atomic E-state index is 0.136. The second-order valence-electron chi connectivity index (χ2n) is 5.56. The van der Waals surface area contributed by atoms with Crippen LogP contribution in [-0.4, -0.2) is 45.9 Å². The van der Waals surface area contributed by atoms with Crippen molar-refractivity contribution < 1.29 is 29.7 Å². The lowest BCUT2D eigenvalue weighted by molar-refractivity contribution is -0.133. The monoisotopic (exact) mass is 389 g/mol. The van der Waals surface area contributed by atoms with Crippen LogP contribution < -0.4 is 17.2 Å². The summed E-state index contributed by atoms with van der Waals surface area (Å²) in [6.07, 6.45) is 4.13. The molecule has 0 saturated carbocycles. The summed E-state index contributed by atoms with van der Waals surface area (Å²) in [5, 5.41) is 23.7. The summed E-state index contributed by atoms with van der Waals surface area (Å²) in [4.78, 5) is 28.8. The van der Waals surface area contributed by atoms with Gasteiger partial charge in [0.15, 0.2) is 0 Å². The zero-order chi connectivity index (χ0) is 22.6. The van der Waals surface area contributed by atoms with Crippen molar-refractivity contribution in [3.8, 4) is 0 Å². The maximum Gasteiger partial charge on any atom is 0.330 e. The van der Waals surface area contributed by atoms with Gasteiger partial charge in [0.2, 0.25) is 0 Å². The molecule has 0 aliphatic carbocycles. The average molecular weight is 389 g/mol. The van der Waals surface area contributed by atoms with E-state index in [-0.39, 0.29) is 22.9 Å². The minimum atomic E-state index is -0.935. The van der Waals surface area contributed by atoms with E-state index in [2.05, 4.69) is 19.7 Å². The number of rotatable bonds is 8. The molecule has 0 fully saturated rings. The van der Waals surface area contributed by atoms with Crippen molar-refractivity contribution >= 4 is 17.9 Å². The number of hydrogen-bond donors (Lipinski definition) is 6. The van der Waals surface area contributed by atoms with E-state index in [0.29, 0.717) is 0 Å². The van der Waals surface area contributed by atoms with Gasteiger partial charge < -0.3 is 32.5 Å². The van der Waals surface area contributed by atoms with Crippen LogP contribution in [0.25, 0.3) is 0 Å². The molecular formula is C18H35N3O6. The number of carboxylic acid groups (broad SMARTS) is 3. The van der Waals surface area contributed by atoms with Gasteiger partial charge in [-0.15, -0.1) is 0 Å². The number of aliphatic carboxylic acids is 3. The molecule has 0 rings (SSSR count). The number of nitrogens with two attached hydrogens (primary N) is 3. The van der Waals surface area contributed by atoms with Gasteiger partial charge in [0.1, 0.15) is 0 Å². The Labute approximate surface area is 161 Å². The van der Waals surface area contributed by atoms with Crippen LogP contribution in [0.4, 0.5) is 0 Å². The molecule has 0 unspecified atom stereocenters. The molecule has 0 atom stereocenters. The molecule has 0 aromatic rings. The third-order valence-corrected chi connectivity index (χ3v) is 2.34. The van der Waals surface area contributed by atoms with E-state index in [1.807, 2.05) is 0 Å². The van der Waals surface area contributed by atoms with Crippen molar-refractivity contribution in [2.75, 3.05) is 6.54 Å². The Morgan fingerprint density at radius 1 is 0.741 bits per heavy atom. The Morgan fingerprint density at radius 3 is 1.15 bits per heavy atom. The summed E-state index contributed by atoms with van der Waals surface area (Å²) in [7, 11) is 0. The van der Waals surface area contributed by atoms with Crippen molar-refractivity contribution in [3.05, 3.63) is 36.5 Å². The molecule has 0 radical (unpaired) electrons. The van der Waals surface area contributed by atoms with Crippen molar-refractivity contribution in [1.29, 1.82) is 0 Å². The third-order valence-electron chi connectivity index (χ3n) is 2.34. The van der Waals surface area contributed by atoms with Gasteiger partial charge in [0.25, 0.3) is 0 Å². The van der Waals surface area contributed by atoms with Gasteiger partial charge in [0.05, 0.1) is 6.17 Å². The summed E-state index contributed by atoms with van der Waals surface area (Å²) < 4.78 is 0. The molecule has 0 bridgehead atoms. The van der Waals surface area contributed by atoms with E-state index in [1.54, 1.807) is 0 Å². The molecule has 9 heteroatoms. The lowest BCUT2D eigenvalue weighted by Gasteiger charge is -2.02. The molecule has 9 N–H and O–H groups in total. The Kier molecular flexibility index (Phi) is 25.7. The topological polar surface area (TPSA) is 190 Å². The van der Waals surface area contributed by atoms with Gasteiger partial charge in [-0.3, -0.25) is 0 Å². The highest BCUT2D eigenvalue weighted by Gasteiger charge is 1.92.